The van der Waals surface area contributed by atoms with E-state index < -0.39 is 0 Å². The molecule has 0 heterocycles. The fraction of sp³-hybridized carbons (Fsp3) is 0.462. The molecule has 2 unspecified atom stereocenters. The van der Waals surface area contributed by atoms with Gasteiger partial charge >= 0.3 is 0 Å². The normalized spacial score (nSPS) is 23.1. The van der Waals surface area contributed by atoms with Crippen LogP contribution in [0.25, 0.3) is 0 Å². The van der Waals surface area contributed by atoms with Crippen molar-refractivity contribution >= 4 is 46.2 Å². The maximum absolute atomic E-state index is 12.3. The number of benzene rings is 1. The summed E-state index contributed by atoms with van der Waals surface area (Å²) in [4.78, 5) is 13.1. The smallest absolute Gasteiger partial charge is 0.252 e. The highest BCUT2D eigenvalue weighted by Gasteiger charge is 2.28. The first-order valence-corrected chi connectivity index (χ1v) is 8.47. The second kappa shape index (κ2) is 6.35. The number of halogens is 1. The molecule has 1 N–H and O–H groups in total. The van der Waals surface area contributed by atoms with Gasteiger partial charge in [0.25, 0.3) is 5.91 Å². The van der Waals surface area contributed by atoms with E-state index in [-0.39, 0.29) is 5.91 Å². The van der Waals surface area contributed by atoms with E-state index in [1.54, 1.807) is 6.07 Å². The van der Waals surface area contributed by atoms with E-state index >= 15 is 0 Å². The third-order valence-electron chi connectivity index (χ3n) is 3.27. The second-order valence-electron chi connectivity index (χ2n) is 4.45. The molecule has 2 nitrogen and oxygen atoms in total. The molecule has 1 saturated carbocycles. The standard InChI is InChI=1S/C13H16BrNOS2/c1-18-12-4-2-3-11(12)15-13(16)9-7-8(17)5-6-10(9)14/h5-7,11-12,17H,2-4H2,1H3,(H,15,16). The maximum Gasteiger partial charge on any atom is 0.252 e. The van der Waals surface area contributed by atoms with Crippen LogP contribution in [0.4, 0.5) is 0 Å². The summed E-state index contributed by atoms with van der Waals surface area (Å²) >= 11 is 9.53. The van der Waals surface area contributed by atoms with Gasteiger partial charge < -0.3 is 5.32 Å². The van der Waals surface area contributed by atoms with Crippen LogP contribution in [0.5, 0.6) is 0 Å². The number of hydrogen-bond donors (Lipinski definition) is 2. The highest BCUT2D eigenvalue weighted by atomic mass is 79.9. The number of thioether (sulfide) groups is 1. The van der Waals surface area contributed by atoms with E-state index in [1.807, 2.05) is 23.9 Å². The Hall–Kier alpha value is -0.130. The number of rotatable bonds is 3. The summed E-state index contributed by atoms with van der Waals surface area (Å²) in [7, 11) is 0. The molecule has 2 rings (SSSR count). The summed E-state index contributed by atoms with van der Waals surface area (Å²) in [5.41, 5.74) is 0.661. The van der Waals surface area contributed by atoms with Gasteiger partial charge in [0.05, 0.1) is 5.56 Å². The summed E-state index contributed by atoms with van der Waals surface area (Å²) in [5, 5.41) is 3.69. The van der Waals surface area contributed by atoms with Crippen LogP contribution >= 0.6 is 40.3 Å². The number of nitrogens with one attached hydrogen (secondary N) is 1. The third-order valence-corrected chi connectivity index (χ3v) is 5.41. The Kier molecular flexibility index (Phi) is 5.04. The minimum absolute atomic E-state index is 0.0104. The molecule has 0 bridgehead atoms. The highest BCUT2D eigenvalue weighted by molar-refractivity contribution is 9.10. The summed E-state index contributed by atoms with van der Waals surface area (Å²) in [5.74, 6) is -0.0104. The van der Waals surface area contributed by atoms with E-state index in [0.717, 1.165) is 15.8 Å². The Bertz CT molecular complexity index is 453. The zero-order valence-corrected chi connectivity index (χ0v) is 13.4. The van der Waals surface area contributed by atoms with Crippen LogP contribution in [-0.2, 0) is 0 Å². The lowest BCUT2D eigenvalue weighted by Crippen LogP contribution is -2.38. The van der Waals surface area contributed by atoms with Gasteiger partial charge in [-0.15, -0.1) is 12.6 Å². The third kappa shape index (κ3) is 3.25. The zero-order chi connectivity index (χ0) is 13.1. The van der Waals surface area contributed by atoms with Crippen LogP contribution in [-0.4, -0.2) is 23.5 Å². The SMILES string of the molecule is CSC1CCCC1NC(=O)c1cc(S)ccc1Br. The molecule has 2 atom stereocenters. The van der Waals surface area contributed by atoms with Gasteiger partial charge in [0.2, 0.25) is 0 Å². The Balaban J connectivity index is 2.09. The second-order valence-corrected chi connectivity index (χ2v) is 6.90. The lowest BCUT2D eigenvalue weighted by atomic mass is 10.2. The van der Waals surface area contributed by atoms with Gasteiger partial charge in [0.15, 0.2) is 0 Å². The Labute approximate surface area is 126 Å². The minimum Gasteiger partial charge on any atom is -0.348 e. The zero-order valence-electron chi connectivity index (χ0n) is 10.1. The fourth-order valence-corrected chi connectivity index (χ4v) is 3.87. The van der Waals surface area contributed by atoms with Crippen molar-refractivity contribution in [3.05, 3.63) is 28.2 Å². The van der Waals surface area contributed by atoms with Gasteiger partial charge in [0.1, 0.15) is 0 Å². The van der Waals surface area contributed by atoms with Crippen LogP contribution in [0, 0.1) is 0 Å². The quantitative estimate of drug-likeness (QED) is 0.816. The van der Waals surface area contributed by atoms with E-state index in [4.69, 9.17) is 0 Å². The predicted octanol–water partition coefficient (Wildman–Crippen LogP) is 3.75. The molecule has 1 aromatic rings. The molecule has 1 fully saturated rings. The van der Waals surface area contributed by atoms with Crippen LogP contribution < -0.4 is 5.32 Å². The highest BCUT2D eigenvalue weighted by Crippen LogP contribution is 2.29. The molecule has 1 aliphatic rings. The van der Waals surface area contributed by atoms with Crippen molar-refractivity contribution in [2.45, 2.75) is 35.4 Å². The number of carbonyl (C=O) groups is 1. The lowest BCUT2D eigenvalue weighted by molar-refractivity contribution is 0.0937. The lowest BCUT2D eigenvalue weighted by Gasteiger charge is -2.19. The molecular formula is C13H16BrNOS2. The van der Waals surface area contributed by atoms with E-state index in [2.05, 4.69) is 40.1 Å². The number of hydrogen-bond acceptors (Lipinski definition) is 3. The van der Waals surface area contributed by atoms with Gasteiger partial charge in [0, 0.05) is 20.7 Å². The molecule has 1 aliphatic carbocycles. The van der Waals surface area contributed by atoms with Gasteiger partial charge in [-0.25, -0.2) is 0 Å². The van der Waals surface area contributed by atoms with Crippen molar-refractivity contribution in [2.24, 2.45) is 0 Å². The van der Waals surface area contributed by atoms with E-state index in [0.29, 0.717) is 16.9 Å². The Morgan fingerprint density at radius 2 is 2.28 bits per heavy atom. The van der Waals surface area contributed by atoms with Gasteiger partial charge in [-0.1, -0.05) is 6.42 Å². The fourth-order valence-electron chi connectivity index (χ4n) is 2.31. The van der Waals surface area contributed by atoms with E-state index in [1.165, 1.54) is 12.8 Å². The van der Waals surface area contributed by atoms with Crippen molar-refractivity contribution in [1.29, 1.82) is 0 Å². The molecule has 0 radical (unpaired) electrons. The maximum atomic E-state index is 12.3. The number of carbonyl (C=O) groups excluding carboxylic acids is 1. The summed E-state index contributed by atoms with van der Waals surface area (Å²) < 4.78 is 0.816. The van der Waals surface area contributed by atoms with Crippen LogP contribution in [0.15, 0.2) is 27.6 Å². The summed E-state index contributed by atoms with van der Waals surface area (Å²) in [6, 6.07) is 5.82. The van der Waals surface area contributed by atoms with Gasteiger partial charge in [-0.3, -0.25) is 4.79 Å². The molecular weight excluding hydrogens is 330 g/mol. The number of thiol groups is 1. The first kappa shape index (κ1) is 14.3. The molecule has 98 valence electrons. The van der Waals surface area contributed by atoms with Crippen LogP contribution in [0.2, 0.25) is 0 Å². The van der Waals surface area contributed by atoms with Crippen molar-refractivity contribution in [3.63, 3.8) is 0 Å². The predicted molar refractivity (Wildman–Crippen MR) is 83.8 cm³/mol. The summed E-state index contributed by atoms with van der Waals surface area (Å²) in [6.45, 7) is 0. The largest absolute Gasteiger partial charge is 0.348 e. The molecule has 0 saturated heterocycles. The first-order valence-electron chi connectivity index (χ1n) is 5.94. The van der Waals surface area contributed by atoms with Crippen molar-refractivity contribution < 1.29 is 4.79 Å². The molecule has 1 aromatic carbocycles. The van der Waals surface area contributed by atoms with Crippen LogP contribution in [0.1, 0.15) is 29.6 Å². The van der Waals surface area contributed by atoms with Crippen molar-refractivity contribution in [3.8, 4) is 0 Å². The molecule has 1 amide bonds. The Morgan fingerprint density at radius 3 is 3.00 bits per heavy atom. The molecule has 5 heteroatoms. The first-order chi connectivity index (χ1) is 8.61. The molecule has 18 heavy (non-hydrogen) atoms. The molecule has 0 aliphatic heterocycles. The average Bonchev–Trinajstić information content (AvgIpc) is 2.79. The molecule has 0 aromatic heterocycles. The van der Waals surface area contributed by atoms with Crippen molar-refractivity contribution in [1.82, 2.24) is 5.32 Å². The van der Waals surface area contributed by atoms with Crippen molar-refractivity contribution in [2.75, 3.05) is 6.26 Å². The van der Waals surface area contributed by atoms with Gasteiger partial charge in [-0.05, 0) is 53.2 Å². The van der Waals surface area contributed by atoms with E-state index in [9.17, 15) is 4.79 Å². The minimum atomic E-state index is -0.0104. The molecule has 0 spiro atoms. The monoisotopic (exact) mass is 345 g/mol. The average molecular weight is 346 g/mol. The van der Waals surface area contributed by atoms with Crippen LogP contribution in [0.3, 0.4) is 0 Å². The summed E-state index contributed by atoms with van der Waals surface area (Å²) in [6.07, 6.45) is 5.58. The topological polar surface area (TPSA) is 29.1 Å². The van der Waals surface area contributed by atoms with Gasteiger partial charge in [-0.2, -0.15) is 11.8 Å². The Morgan fingerprint density at radius 1 is 1.50 bits per heavy atom. The number of amides is 1.